The maximum absolute atomic E-state index is 12.1. The fraction of sp³-hybridized carbons (Fsp3) is 0.400. The van der Waals surface area contributed by atoms with E-state index in [0.29, 0.717) is 23.1 Å². The van der Waals surface area contributed by atoms with Gasteiger partial charge in [0.05, 0.1) is 11.1 Å². The summed E-state index contributed by atoms with van der Waals surface area (Å²) < 4.78 is 23.8. The van der Waals surface area contributed by atoms with Crippen molar-refractivity contribution >= 4 is 43.6 Å². The second-order valence-corrected chi connectivity index (χ2v) is 7.60. The molecule has 2 aromatic heterocycles. The number of nitrogens with zero attached hydrogens (tertiary/aromatic N) is 1. The molecule has 18 heavy (non-hydrogen) atoms. The smallest absolute Gasteiger partial charge is 0.263 e. The van der Waals surface area contributed by atoms with Gasteiger partial charge in [-0.3, -0.25) is 9.36 Å². The number of aromatic amines is 1. The zero-order valence-corrected chi connectivity index (χ0v) is 12.1. The van der Waals surface area contributed by atoms with Crippen LogP contribution in [0.2, 0.25) is 0 Å². The Bertz CT molecular complexity index is 783. The van der Waals surface area contributed by atoms with E-state index in [1.54, 1.807) is 6.07 Å². The van der Waals surface area contributed by atoms with Gasteiger partial charge in [0.1, 0.15) is 14.7 Å². The van der Waals surface area contributed by atoms with Gasteiger partial charge in [-0.25, -0.2) is 8.42 Å². The monoisotopic (exact) mass is 304 g/mol. The summed E-state index contributed by atoms with van der Waals surface area (Å²) in [5, 5.41) is 2.41. The van der Waals surface area contributed by atoms with Crippen LogP contribution in [0, 0.1) is 4.77 Å². The number of hydrogen-bond donors (Lipinski definition) is 1. The van der Waals surface area contributed by atoms with Crippen LogP contribution >= 0.6 is 23.6 Å². The van der Waals surface area contributed by atoms with E-state index in [2.05, 4.69) is 4.98 Å². The van der Waals surface area contributed by atoms with Crippen LogP contribution in [0.5, 0.6) is 0 Å². The molecule has 5 nitrogen and oxygen atoms in total. The molecule has 1 N–H and O–H groups in total. The molecule has 0 amide bonds. The molecule has 0 unspecified atom stereocenters. The van der Waals surface area contributed by atoms with Crippen LogP contribution in [0.3, 0.4) is 0 Å². The van der Waals surface area contributed by atoms with E-state index in [0.717, 1.165) is 4.83 Å². The molecule has 8 heteroatoms. The Kier molecular flexibility index (Phi) is 3.69. The number of H-pyrrole nitrogens is 1. The topological polar surface area (TPSA) is 71.9 Å². The highest BCUT2D eigenvalue weighted by Gasteiger charge is 2.08. The average Bonchev–Trinajstić information content (AvgIpc) is 2.69. The molecule has 0 atom stereocenters. The van der Waals surface area contributed by atoms with Crippen molar-refractivity contribution in [2.45, 2.75) is 13.0 Å². The normalized spacial score (nSPS) is 12.1. The van der Waals surface area contributed by atoms with E-state index in [4.69, 9.17) is 12.2 Å². The molecule has 0 aliphatic rings. The van der Waals surface area contributed by atoms with Crippen LogP contribution < -0.4 is 5.56 Å². The Labute approximate surface area is 113 Å². The maximum atomic E-state index is 12.1. The molecular formula is C10H12N2O3S3. The fourth-order valence-electron chi connectivity index (χ4n) is 1.66. The van der Waals surface area contributed by atoms with Gasteiger partial charge in [0.25, 0.3) is 5.56 Å². The van der Waals surface area contributed by atoms with Gasteiger partial charge in [-0.2, -0.15) is 0 Å². The number of nitrogens with one attached hydrogen (secondary N) is 1. The van der Waals surface area contributed by atoms with E-state index in [-0.39, 0.29) is 11.3 Å². The average molecular weight is 304 g/mol. The molecule has 0 saturated heterocycles. The molecule has 0 aromatic carbocycles. The lowest BCUT2D eigenvalue weighted by Gasteiger charge is -2.05. The Morgan fingerprint density at radius 1 is 1.50 bits per heavy atom. The largest absolute Gasteiger partial charge is 0.323 e. The van der Waals surface area contributed by atoms with Crippen molar-refractivity contribution in [1.82, 2.24) is 9.55 Å². The van der Waals surface area contributed by atoms with E-state index < -0.39 is 9.84 Å². The highest BCUT2D eigenvalue weighted by Crippen LogP contribution is 2.14. The number of thiophene rings is 1. The standard InChI is InChI=1S/C10H12N2O3S3/c1-18(14,15)6-2-4-12-9(13)7-3-5-17-8(7)11-10(12)16/h3,5H,2,4,6H2,1H3,(H,11,16). The first kappa shape index (κ1) is 13.4. The van der Waals surface area contributed by atoms with Gasteiger partial charge in [0.15, 0.2) is 4.77 Å². The quantitative estimate of drug-likeness (QED) is 0.870. The maximum Gasteiger partial charge on any atom is 0.263 e. The van der Waals surface area contributed by atoms with E-state index >= 15 is 0 Å². The number of hydrogen-bond acceptors (Lipinski definition) is 5. The zero-order valence-electron chi connectivity index (χ0n) is 9.67. The molecule has 2 heterocycles. The molecule has 98 valence electrons. The first-order valence-electron chi connectivity index (χ1n) is 5.26. The van der Waals surface area contributed by atoms with Crippen LogP contribution in [0.15, 0.2) is 16.2 Å². The van der Waals surface area contributed by atoms with E-state index in [1.165, 1.54) is 22.2 Å². The molecular weight excluding hydrogens is 292 g/mol. The Hall–Kier alpha value is -0.990. The molecule has 0 radical (unpaired) electrons. The van der Waals surface area contributed by atoms with Crippen LogP contribution in [-0.2, 0) is 16.4 Å². The highest BCUT2D eigenvalue weighted by molar-refractivity contribution is 7.90. The van der Waals surface area contributed by atoms with Crippen molar-refractivity contribution in [3.8, 4) is 0 Å². The second-order valence-electron chi connectivity index (χ2n) is 4.03. The molecule has 0 saturated carbocycles. The summed E-state index contributed by atoms with van der Waals surface area (Å²) in [6, 6.07) is 1.74. The fourth-order valence-corrected chi connectivity index (χ4v) is 3.44. The minimum Gasteiger partial charge on any atom is -0.323 e. The summed E-state index contributed by atoms with van der Waals surface area (Å²) in [5.41, 5.74) is -0.163. The summed E-state index contributed by atoms with van der Waals surface area (Å²) in [6.45, 7) is 0.313. The van der Waals surface area contributed by atoms with Crippen molar-refractivity contribution in [3.63, 3.8) is 0 Å². The molecule has 0 fully saturated rings. The van der Waals surface area contributed by atoms with Crippen LogP contribution in [0.4, 0.5) is 0 Å². The summed E-state index contributed by atoms with van der Waals surface area (Å²) in [7, 11) is -3.01. The molecule has 0 aliphatic carbocycles. The van der Waals surface area contributed by atoms with E-state index in [1.807, 2.05) is 5.38 Å². The molecule has 0 spiro atoms. The Morgan fingerprint density at radius 2 is 2.22 bits per heavy atom. The number of fused-ring (bicyclic) bond motifs is 1. The summed E-state index contributed by atoms with van der Waals surface area (Å²) in [4.78, 5) is 15.8. The van der Waals surface area contributed by atoms with Crippen molar-refractivity contribution in [2.75, 3.05) is 12.0 Å². The van der Waals surface area contributed by atoms with Gasteiger partial charge in [-0.05, 0) is 30.1 Å². The van der Waals surface area contributed by atoms with Gasteiger partial charge >= 0.3 is 0 Å². The van der Waals surface area contributed by atoms with Crippen molar-refractivity contribution < 1.29 is 8.42 Å². The van der Waals surface area contributed by atoms with Gasteiger partial charge in [-0.1, -0.05) is 0 Å². The van der Waals surface area contributed by atoms with Gasteiger partial charge in [0, 0.05) is 12.8 Å². The van der Waals surface area contributed by atoms with Gasteiger partial charge in [-0.15, -0.1) is 11.3 Å². The minimum absolute atomic E-state index is 0.0515. The lowest BCUT2D eigenvalue weighted by atomic mass is 10.4. The Morgan fingerprint density at radius 3 is 2.89 bits per heavy atom. The van der Waals surface area contributed by atoms with Crippen LogP contribution in [0.1, 0.15) is 6.42 Å². The summed E-state index contributed by atoms with van der Waals surface area (Å²) >= 11 is 6.53. The first-order chi connectivity index (χ1) is 8.38. The highest BCUT2D eigenvalue weighted by atomic mass is 32.2. The predicted octanol–water partition coefficient (Wildman–Crippen LogP) is 1.56. The molecule has 2 rings (SSSR count). The third-order valence-corrected chi connectivity index (χ3v) is 4.69. The first-order valence-corrected chi connectivity index (χ1v) is 8.61. The molecule has 0 aliphatic heterocycles. The number of sulfone groups is 1. The van der Waals surface area contributed by atoms with Crippen molar-refractivity contribution in [2.24, 2.45) is 0 Å². The zero-order chi connectivity index (χ0) is 13.3. The van der Waals surface area contributed by atoms with Crippen molar-refractivity contribution in [3.05, 3.63) is 26.6 Å². The molecule has 0 bridgehead atoms. The number of aromatic nitrogens is 2. The summed E-state index contributed by atoms with van der Waals surface area (Å²) in [5.74, 6) is 0.0515. The third-order valence-electron chi connectivity index (χ3n) is 2.50. The van der Waals surface area contributed by atoms with Gasteiger partial charge < -0.3 is 4.98 Å². The molecule has 2 aromatic rings. The van der Waals surface area contributed by atoms with Crippen LogP contribution in [-0.4, -0.2) is 30.0 Å². The SMILES string of the molecule is CS(=O)(=O)CCCn1c(=S)[nH]c2sccc2c1=O. The van der Waals surface area contributed by atoms with Crippen LogP contribution in [0.25, 0.3) is 10.2 Å². The predicted molar refractivity (Wildman–Crippen MR) is 75.6 cm³/mol. The minimum atomic E-state index is -3.01. The number of rotatable bonds is 4. The lowest BCUT2D eigenvalue weighted by Crippen LogP contribution is -2.22. The Balaban J connectivity index is 2.33. The summed E-state index contributed by atoms with van der Waals surface area (Å²) in [6.07, 6.45) is 1.56. The van der Waals surface area contributed by atoms with Gasteiger partial charge in [0.2, 0.25) is 0 Å². The third kappa shape index (κ3) is 2.88. The van der Waals surface area contributed by atoms with Crippen molar-refractivity contribution in [1.29, 1.82) is 0 Å². The van der Waals surface area contributed by atoms with E-state index in [9.17, 15) is 13.2 Å². The second kappa shape index (κ2) is 4.94. The lowest BCUT2D eigenvalue weighted by molar-refractivity contribution is 0.587.